The molecule has 0 radical (unpaired) electrons. The van der Waals surface area contributed by atoms with Crippen LogP contribution in [0.5, 0.6) is 0 Å². The van der Waals surface area contributed by atoms with Crippen LogP contribution < -0.4 is 10.2 Å². The molecule has 3 aromatic heterocycles. The van der Waals surface area contributed by atoms with Crippen molar-refractivity contribution in [2.75, 3.05) is 36.5 Å². The number of benzene rings is 1. The first-order valence-corrected chi connectivity index (χ1v) is 10.3. The second kappa shape index (κ2) is 8.53. The highest BCUT2D eigenvalue weighted by Crippen LogP contribution is 2.28. The van der Waals surface area contributed by atoms with E-state index in [0.29, 0.717) is 19.2 Å². The summed E-state index contributed by atoms with van der Waals surface area (Å²) in [5.74, 6) is 1.41. The van der Waals surface area contributed by atoms with Gasteiger partial charge in [-0.1, -0.05) is 12.1 Å². The minimum atomic E-state index is 0.673. The molecule has 5 rings (SSSR count). The maximum absolute atomic E-state index is 5.50. The Morgan fingerprint density at radius 3 is 2.68 bits per heavy atom. The van der Waals surface area contributed by atoms with Crippen LogP contribution in [0.25, 0.3) is 16.9 Å². The van der Waals surface area contributed by atoms with E-state index in [0.717, 1.165) is 47.2 Å². The lowest BCUT2D eigenvalue weighted by Gasteiger charge is -2.27. The van der Waals surface area contributed by atoms with Crippen molar-refractivity contribution >= 4 is 17.5 Å². The average molecular weight is 413 g/mol. The van der Waals surface area contributed by atoms with Crippen molar-refractivity contribution in [1.82, 2.24) is 24.5 Å². The molecule has 156 valence electrons. The molecule has 0 saturated carbocycles. The Bertz CT molecular complexity index is 1150. The topological polar surface area (TPSA) is 81.0 Å². The summed E-state index contributed by atoms with van der Waals surface area (Å²) in [7, 11) is 0. The van der Waals surface area contributed by atoms with Gasteiger partial charge >= 0.3 is 0 Å². The Morgan fingerprint density at radius 1 is 1.03 bits per heavy atom. The zero-order valence-electron chi connectivity index (χ0n) is 17.3. The van der Waals surface area contributed by atoms with Gasteiger partial charge in [-0.15, -0.1) is 0 Å². The van der Waals surface area contributed by atoms with Gasteiger partial charge in [0.25, 0.3) is 0 Å². The van der Waals surface area contributed by atoms with Gasteiger partial charge in [-0.3, -0.25) is 4.98 Å². The monoisotopic (exact) mass is 413 g/mol. The van der Waals surface area contributed by atoms with E-state index in [4.69, 9.17) is 14.7 Å². The molecule has 0 aliphatic carbocycles. The number of nitrogens with zero attached hydrogens (tertiary/aromatic N) is 6. The molecule has 4 heterocycles. The average Bonchev–Trinajstić information content (AvgIpc) is 3.35. The quantitative estimate of drug-likeness (QED) is 0.535. The summed E-state index contributed by atoms with van der Waals surface area (Å²) in [4.78, 5) is 20.4. The van der Waals surface area contributed by atoms with Crippen molar-refractivity contribution in [3.8, 4) is 16.9 Å². The number of hydrogen-bond acceptors (Lipinski definition) is 7. The third-order valence-corrected chi connectivity index (χ3v) is 5.16. The molecule has 0 unspecified atom stereocenters. The van der Waals surface area contributed by atoms with Gasteiger partial charge in [0, 0.05) is 49.0 Å². The summed E-state index contributed by atoms with van der Waals surface area (Å²) < 4.78 is 7.47. The number of nitrogens with one attached hydrogen (secondary N) is 1. The summed E-state index contributed by atoms with van der Waals surface area (Å²) in [6.45, 7) is 4.85. The second-order valence-corrected chi connectivity index (χ2v) is 7.34. The van der Waals surface area contributed by atoms with Crippen LogP contribution in [0.2, 0.25) is 0 Å². The van der Waals surface area contributed by atoms with Crippen LogP contribution in [0.15, 0.2) is 67.4 Å². The number of morpholine rings is 1. The number of aromatic nitrogens is 5. The van der Waals surface area contributed by atoms with Crippen LogP contribution >= 0.6 is 0 Å². The normalized spacial score (nSPS) is 13.9. The van der Waals surface area contributed by atoms with Crippen LogP contribution in [0.1, 0.15) is 5.69 Å². The number of anilines is 3. The van der Waals surface area contributed by atoms with E-state index in [9.17, 15) is 0 Å². The summed E-state index contributed by atoms with van der Waals surface area (Å²) in [6, 6.07) is 14.1. The minimum Gasteiger partial charge on any atom is -0.378 e. The maximum atomic E-state index is 5.50. The molecular formula is C23H23N7O. The van der Waals surface area contributed by atoms with Gasteiger partial charge in [-0.2, -0.15) is 4.98 Å². The molecule has 1 aromatic carbocycles. The van der Waals surface area contributed by atoms with E-state index in [2.05, 4.69) is 20.2 Å². The van der Waals surface area contributed by atoms with Gasteiger partial charge in [-0.05, 0) is 31.2 Å². The molecular weight excluding hydrogens is 390 g/mol. The fourth-order valence-electron chi connectivity index (χ4n) is 3.51. The second-order valence-electron chi connectivity index (χ2n) is 7.34. The van der Waals surface area contributed by atoms with E-state index in [1.54, 1.807) is 12.5 Å². The van der Waals surface area contributed by atoms with E-state index >= 15 is 0 Å². The standard InChI is InChI=1S/C23H23N7O/c1-17-6-7-18(15-25-17)20-14-22(28-23(27-20)29-10-12-31-13-11-29)26-19-4-2-3-5-21(19)30-9-8-24-16-30/h2-9,14-16H,10-13H2,1H3,(H,26,27,28). The first-order valence-electron chi connectivity index (χ1n) is 10.3. The molecule has 1 saturated heterocycles. The lowest BCUT2D eigenvalue weighted by molar-refractivity contribution is 0.122. The third kappa shape index (κ3) is 4.24. The minimum absolute atomic E-state index is 0.673. The fraction of sp³-hybridized carbons (Fsp3) is 0.217. The van der Waals surface area contributed by atoms with Gasteiger partial charge in [0.05, 0.1) is 36.6 Å². The van der Waals surface area contributed by atoms with Crippen molar-refractivity contribution in [2.24, 2.45) is 0 Å². The smallest absolute Gasteiger partial charge is 0.228 e. The predicted octanol–water partition coefficient (Wildman–Crippen LogP) is 3.61. The first kappa shape index (κ1) is 19.2. The number of rotatable bonds is 5. The Kier molecular flexibility index (Phi) is 5.28. The van der Waals surface area contributed by atoms with E-state index in [1.807, 2.05) is 66.3 Å². The number of ether oxygens (including phenoxy) is 1. The molecule has 31 heavy (non-hydrogen) atoms. The van der Waals surface area contributed by atoms with Gasteiger partial charge in [0.1, 0.15) is 5.82 Å². The molecule has 8 heteroatoms. The number of aryl methyl sites for hydroxylation is 1. The van der Waals surface area contributed by atoms with Crippen molar-refractivity contribution in [3.63, 3.8) is 0 Å². The largest absolute Gasteiger partial charge is 0.378 e. The fourth-order valence-corrected chi connectivity index (χ4v) is 3.51. The van der Waals surface area contributed by atoms with Crippen LogP contribution in [-0.2, 0) is 4.74 Å². The van der Waals surface area contributed by atoms with Gasteiger partial charge < -0.3 is 19.5 Å². The van der Waals surface area contributed by atoms with Crippen LogP contribution in [0.3, 0.4) is 0 Å². The third-order valence-electron chi connectivity index (χ3n) is 5.16. The van der Waals surface area contributed by atoms with Crippen molar-refractivity contribution in [3.05, 3.63) is 73.1 Å². The number of para-hydroxylation sites is 2. The van der Waals surface area contributed by atoms with Gasteiger partial charge in [0.15, 0.2) is 0 Å². The number of pyridine rings is 1. The molecule has 4 aromatic rings. The molecule has 0 atom stereocenters. The molecule has 0 amide bonds. The summed E-state index contributed by atoms with van der Waals surface area (Å²) in [5.41, 5.74) is 4.67. The zero-order valence-corrected chi connectivity index (χ0v) is 17.3. The lowest BCUT2D eigenvalue weighted by Crippen LogP contribution is -2.37. The lowest BCUT2D eigenvalue weighted by atomic mass is 10.2. The summed E-state index contributed by atoms with van der Waals surface area (Å²) in [5, 5.41) is 3.48. The van der Waals surface area contributed by atoms with Gasteiger partial charge in [0.2, 0.25) is 5.95 Å². The van der Waals surface area contributed by atoms with Crippen molar-refractivity contribution < 1.29 is 4.74 Å². The van der Waals surface area contributed by atoms with Crippen molar-refractivity contribution in [2.45, 2.75) is 6.92 Å². The van der Waals surface area contributed by atoms with Crippen LogP contribution in [0.4, 0.5) is 17.5 Å². The molecule has 0 bridgehead atoms. The van der Waals surface area contributed by atoms with E-state index < -0.39 is 0 Å². The molecule has 1 fully saturated rings. The van der Waals surface area contributed by atoms with Gasteiger partial charge in [-0.25, -0.2) is 9.97 Å². The number of imidazole rings is 1. The Balaban J connectivity index is 1.55. The van der Waals surface area contributed by atoms with E-state index in [1.165, 1.54) is 0 Å². The van der Waals surface area contributed by atoms with Crippen LogP contribution in [-0.4, -0.2) is 50.8 Å². The Hall–Kier alpha value is -3.78. The summed E-state index contributed by atoms with van der Waals surface area (Å²) in [6.07, 6.45) is 7.32. The van der Waals surface area contributed by atoms with E-state index in [-0.39, 0.29) is 0 Å². The molecule has 1 aliphatic rings. The molecule has 8 nitrogen and oxygen atoms in total. The first-order chi connectivity index (χ1) is 15.3. The Labute approximate surface area is 180 Å². The molecule has 1 aliphatic heterocycles. The van der Waals surface area contributed by atoms with Crippen LogP contribution in [0, 0.1) is 6.92 Å². The highest BCUT2D eigenvalue weighted by atomic mass is 16.5. The highest BCUT2D eigenvalue weighted by molar-refractivity contribution is 5.71. The maximum Gasteiger partial charge on any atom is 0.228 e. The predicted molar refractivity (Wildman–Crippen MR) is 120 cm³/mol. The SMILES string of the molecule is Cc1ccc(-c2cc(Nc3ccccc3-n3ccnc3)nc(N3CCOCC3)n2)cn1. The number of hydrogen-bond donors (Lipinski definition) is 1. The van der Waals surface area contributed by atoms with Crippen molar-refractivity contribution in [1.29, 1.82) is 0 Å². The molecule has 0 spiro atoms. The summed E-state index contributed by atoms with van der Waals surface area (Å²) >= 11 is 0. The highest BCUT2D eigenvalue weighted by Gasteiger charge is 2.17. The zero-order chi connectivity index (χ0) is 21.0. The molecule has 1 N–H and O–H groups in total. The Morgan fingerprint density at radius 2 is 1.90 bits per heavy atom.